The first kappa shape index (κ1) is 23.8. The molecule has 2 aliphatic rings. The van der Waals surface area contributed by atoms with E-state index < -0.39 is 23.9 Å². The Hall–Kier alpha value is -1.87. The van der Waals surface area contributed by atoms with Gasteiger partial charge in [0.1, 0.15) is 5.60 Å². The summed E-state index contributed by atoms with van der Waals surface area (Å²) in [5, 5.41) is 0. The normalized spacial score (nSPS) is 23.0. The lowest BCUT2D eigenvalue weighted by Crippen LogP contribution is -2.45. The van der Waals surface area contributed by atoms with Crippen LogP contribution in [-0.4, -0.2) is 71.6 Å². The van der Waals surface area contributed by atoms with Crippen LogP contribution in [0.25, 0.3) is 0 Å². The maximum Gasteiger partial charge on any atom is 0.498 e. The van der Waals surface area contributed by atoms with Crippen molar-refractivity contribution in [2.24, 2.45) is 5.92 Å². The summed E-state index contributed by atoms with van der Waals surface area (Å²) in [6.45, 7) is 16.0. The van der Waals surface area contributed by atoms with Crippen LogP contribution < -0.4 is 10.4 Å². The van der Waals surface area contributed by atoms with E-state index in [-0.39, 0.29) is 6.09 Å². The van der Waals surface area contributed by atoms with Crippen LogP contribution in [0.5, 0.6) is 0 Å². The van der Waals surface area contributed by atoms with Crippen molar-refractivity contribution in [1.82, 2.24) is 14.9 Å². The Morgan fingerprint density at radius 2 is 1.81 bits per heavy atom. The van der Waals surface area contributed by atoms with Gasteiger partial charge in [0.25, 0.3) is 0 Å². The van der Waals surface area contributed by atoms with Crippen molar-refractivity contribution in [3.63, 3.8) is 0 Å². The van der Waals surface area contributed by atoms with Gasteiger partial charge in [0.05, 0.1) is 11.2 Å². The summed E-state index contributed by atoms with van der Waals surface area (Å²) < 4.78 is 17.7. The first-order valence-corrected chi connectivity index (χ1v) is 11.1. The number of aromatic nitrogens is 2. The molecular weight excluding hydrogens is 395 g/mol. The minimum atomic E-state index is -0.479. The topological polar surface area (TPSA) is 77.0 Å². The number of nitrogens with zero attached hydrogens (tertiary/aromatic N) is 4. The van der Waals surface area contributed by atoms with Crippen LogP contribution in [0.1, 0.15) is 61.3 Å². The molecule has 172 valence electrons. The predicted octanol–water partition coefficient (Wildman–Crippen LogP) is 2.86. The van der Waals surface area contributed by atoms with Gasteiger partial charge in [-0.25, -0.2) is 14.8 Å². The van der Waals surface area contributed by atoms with Crippen molar-refractivity contribution >= 4 is 24.6 Å². The van der Waals surface area contributed by atoms with Crippen molar-refractivity contribution in [2.45, 2.75) is 78.1 Å². The maximum atomic E-state index is 12.4. The van der Waals surface area contributed by atoms with Gasteiger partial charge in [-0.3, -0.25) is 0 Å². The Morgan fingerprint density at radius 1 is 1.23 bits per heavy atom. The van der Waals surface area contributed by atoms with Gasteiger partial charge in [-0.1, -0.05) is 0 Å². The van der Waals surface area contributed by atoms with Gasteiger partial charge in [-0.05, 0) is 67.2 Å². The van der Waals surface area contributed by atoms with E-state index in [4.69, 9.17) is 14.0 Å². The highest BCUT2D eigenvalue weighted by molar-refractivity contribution is 6.61. The van der Waals surface area contributed by atoms with E-state index in [1.54, 1.807) is 12.4 Å². The predicted molar refractivity (Wildman–Crippen MR) is 122 cm³/mol. The number of ether oxygens (including phenoxy) is 1. The summed E-state index contributed by atoms with van der Waals surface area (Å²) in [4.78, 5) is 25.3. The molecular formula is C22H37BN4O4. The highest BCUT2D eigenvalue weighted by atomic mass is 16.7. The fourth-order valence-corrected chi connectivity index (χ4v) is 3.80. The van der Waals surface area contributed by atoms with Gasteiger partial charge in [0.2, 0.25) is 5.95 Å². The number of likely N-dealkylation sites (tertiary alicyclic amines) is 1. The van der Waals surface area contributed by atoms with Crippen molar-refractivity contribution in [1.29, 1.82) is 0 Å². The second kappa shape index (κ2) is 8.58. The number of amides is 1. The molecule has 2 saturated heterocycles. The Bertz CT molecular complexity index is 763. The molecule has 0 radical (unpaired) electrons. The van der Waals surface area contributed by atoms with Crippen LogP contribution >= 0.6 is 0 Å². The summed E-state index contributed by atoms with van der Waals surface area (Å²) >= 11 is 0. The minimum absolute atomic E-state index is 0.233. The third-order valence-electron chi connectivity index (χ3n) is 6.23. The first-order valence-electron chi connectivity index (χ1n) is 11.1. The fraction of sp³-hybridized carbons (Fsp3) is 0.773. The summed E-state index contributed by atoms with van der Waals surface area (Å²) in [6, 6.07) is 0. The molecule has 2 fully saturated rings. The average molecular weight is 432 g/mol. The zero-order valence-corrected chi connectivity index (χ0v) is 20.3. The van der Waals surface area contributed by atoms with Gasteiger partial charge in [-0.2, -0.15) is 0 Å². The quantitative estimate of drug-likeness (QED) is 0.678. The number of piperidine rings is 1. The monoisotopic (exact) mass is 432 g/mol. The van der Waals surface area contributed by atoms with Crippen molar-refractivity contribution in [3.8, 4) is 0 Å². The summed E-state index contributed by atoms with van der Waals surface area (Å²) in [7, 11) is 1.51. The van der Waals surface area contributed by atoms with E-state index in [1.165, 1.54) is 0 Å². The zero-order valence-electron chi connectivity index (χ0n) is 20.3. The third-order valence-corrected chi connectivity index (χ3v) is 6.23. The van der Waals surface area contributed by atoms with Crippen LogP contribution in [0.4, 0.5) is 10.7 Å². The van der Waals surface area contributed by atoms with E-state index in [9.17, 15) is 4.79 Å². The minimum Gasteiger partial charge on any atom is -0.444 e. The zero-order chi connectivity index (χ0) is 23.0. The lowest BCUT2D eigenvalue weighted by molar-refractivity contribution is 0.00578. The van der Waals surface area contributed by atoms with Crippen molar-refractivity contribution in [2.75, 3.05) is 31.6 Å². The number of rotatable bonds is 4. The number of carbonyl (C=O) groups excluding carboxylic acids is 1. The number of hydrogen-bond acceptors (Lipinski definition) is 7. The molecule has 1 aromatic heterocycles. The molecule has 0 saturated carbocycles. The van der Waals surface area contributed by atoms with Gasteiger partial charge in [0, 0.05) is 44.5 Å². The van der Waals surface area contributed by atoms with Crippen LogP contribution in [0, 0.1) is 5.92 Å². The Labute approximate surface area is 186 Å². The summed E-state index contributed by atoms with van der Waals surface area (Å²) in [5.74, 6) is 0.993. The highest BCUT2D eigenvalue weighted by Crippen LogP contribution is 2.36. The van der Waals surface area contributed by atoms with Crippen LogP contribution in [0.15, 0.2) is 12.4 Å². The third kappa shape index (κ3) is 5.69. The molecule has 1 unspecified atom stereocenters. The highest BCUT2D eigenvalue weighted by Gasteiger charge is 2.52. The molecule has 8 nitrogen and oxygen atoms in total. The molecule has 0 aliphatic carbocycles. The van der Waals surface area contributed by atoms with E-state index in [0.717, 1.165) is 31.4 Å². The number of hydrogen-bond donors (Lipinski definition) is 0. The van der Waals surface area contributed by atoms with Crippen LogP contribution in [-0.2, 0) is 14.0 Å². The van der Waals surface area contributed by atoms with E-state index in [2.05, 4.69) is 9.97 Å². The molecule has 3 rings (SSSR count). The summed E-state index contributed by atoms with van der Waals surface area (Å²) in [6.07, 6.45) is 5.35. The molecule has 1 amide bonds. The van der Waals surface area contributed by atoms with Crippen molar-refractivity contribution in [3.05, 3.63) is 12.4 Å². The Morgan fingerprint density at radius 3 is 2.35 bits per heavy atom. The Balaban J connectivity index is 1.57. The molecule has 3 heterocycles. The van der Waals surface area contributed by atoms with Gasteiger partial charge in [-0.15, -0.1) is 0 Å². The molecule has 0 aromatic carbocycles. The smallest absolute Gasteiger partial charge is 0.444 e. The standard InChI is InChI=1S/C22H37BN4O4/c1-20(2,3)29-19(28)27-11-9-10-16(15-27)14-26(8)18-24-12-17(13-25-18)23-30-21(4,5)22(6,7)31-23/h12-13,16H,9-11,14-15H2,1-8H3. The lowest BCUT2D eigenvalue weighted by Gasteiger charge is -2.35. The molecule has 1 aromatic rings. The van der Waals surface area contributed by atoms with Crippen LogP contribution in [0.2, 0.25) is 0 Å². The molecule has 1 atom stereocenters. The largest absolute Gasteiger partial charge is 0.498 e. The number of anilines is 1. The molecule has 0 N–H and O–H groups in total. The first-order chi connectivity index (χ1) is 14.3. The van der Waals surface area contributed by atoms with Crippen LogP contribution in [0.3, 0.4) is 0 Å². The summed E-state index contributed by atoms with van der Waals surface area (Å²) in [5.41, 5.74) is -0.458. The van der Waals surface area contributed by atoms with E-state index in [0.29, 0.717) is 18.4 Å². The molecule has 0 spiro atoms. The van der Waals surface area contributed by atoms with E-state index >= 15 is 0 Å². The van der Waals surface area contributed by atoms with E-state index in [1.807, 2.05) is 65.3 Å². The SMILES string of the molecule is CN(CC1CCCN(C(=O)OC(C)(C)C)C1)c1ncc(B2OC(C)(C)C(C)(C)O2)cn1. The van der Waals surface area contributed by atoms with Gasteiger partial charge < -0.3 is 23.8 Å². The number of carbonyl (C=O) groups is 1. The lowest BCUT2D eigenvalue weighted by atomic mass is 9.81. The second-order valence-corrected chi connectivity index (χ2v) is 10.7. The van der Waals surface area contributed by atoms with Crippen molar-refractivity contribution < 1.29 is 18.8 Å². The molecule has 0 bridgehead atoms. The molecule has 9 heteroatoms. The van der Waals surface area contributed by atoms with Gasteiger partial charge in [0.15, 0.2) is 0 Å². The molecule has 31 heavy (non-hydrogen) atoms. The maximum absolute atomic E-state index is 12.4. The Kier molecular flexibility index (Phi) is 6.59. The average Bonchev–Trinajstić information content (AvgIpc) is 2.88. The molecule has 2 aliphatic heterocycles. The van der Waals surface area contributed by atoms with Gasteiger partial charge >= 0.3 is 13.2 Å². The fourth-order valence-electron chi connectivity index (χ4n) is 3.80. The second-order valence-electron chi connectivity index (χ2n) is 10.7.